The highest BCUT2D eigenvalue weighted by Gasteiger charge is 2.32. The van der Waals surface area contributed by atoms with Crippen LogP contribution < -0.4 is 4.74 Å². The lowest BCUT2D eigenvalue weighted by Gasteiger charge is -2.32. The average Bonchev–Trinajstić information content (AvgIpc) is 3.28. The van der Waals surface area contributed by atoms with Crippen LogP contribution >= 0.6 is 11.6 Å². The number of hydrogen-bond acceptors (Lipinski definition) is 9. The SMILES string of the molecule is C.C=CC(=O)Cl.C=CC(=O)Oc1ccc(C(C)(c2ccc(O)cc2)c2ccc(O)cc2)cc1.CC(c1ccc(O)cc1)(c1ccc(O)cc1)c1ccc(O)cc1.c1ccncc1. The maximum absolute atomic E-state index is 11.4. The van der Waals surface area contributed by atoms with Crippen LogP contribution in [0.4, 0.5) is 0 Å². The second-order valence-corrected chi connectivity index (χ2v) is 14.0. The first-order chi connectivity index (χ1) is 29.2. The number of allylic oxidation sites excluding steroid dienone is 1. The molecule has 7 aromatic rings. The van der Waals surface area contributed by atoms with Gasteiger partial charge in [0.25, 0.3) is 0 Å². The third-order valence-corrected chi connectivity index (χ3v) is 9.92. The Morgan fingerprint density at radius 3 is 0.903 bits per heavy atom. The van der Waals surface area contributed by atoms with Crippen molar-refractivity contribution < 1.29 is 39.9 Å². The molecule has 0 bridgehead atoms. The van der Waals surface area contributed by atoms with Gasteiger partial charge in [-0.3, -0.25) is 9.78 Å². The van der Waals surface area contributed by atoms with Crippen molar-refractivity contribution in [1.82, 2.24) is 4.98 Å². The van der Waals surface area contributed by atoms with Crippen molar-refractivity contribution in [3.63, 3.8) is 0 Å². The van der Waals surface area contributed by atoms with Gasteiger partial charge in [-0.2, -0.15) is 0 Å². The number of benzene rings is 6. The van der Waals surface area contributed by atoms with Gasteiger partial charge in [-0.25, -0.2) is 4.79 Å². The van der Waals surface area contributed by atoms with Crippen LogP contribution in [0.5, 0.6) is 34.5 Å². The Hall–Kier alpha value is -7.62. The lowest BCUT2D eigenvalue weighted by molar-refractivity contribution is -0.129. The quantitative estimate of drug-likeness (QED) is 0.0313. The highest BCUT2D eigenvalue weighted by atomic mass is 35.5. The van der Waals surface area contributed by atoms with E-state index in [0.717, 1.165) is 45.5 Å². The summed E-state index contributed by atoms with van der Waals surface area (Å²) in [5.74, 6) is 0.953. The number of phenolic OH excluding ortho intramolecular Hbond substituents is 5. The van der Waals surface area contributed by atoms with Gasteiger partial charge in [0.15, 0.2) is 0 Å². The number of aromatic nitrogens is 1. The van der Waals surface area contributed by atoms with Gasteiger partial charge in [0, 0.05) is 29.3 Å². The highest BCUT2D eigenvalue weighted by molar-refractivity contribution is 6.66. The second-order valence-electron chi connectivity index (χ2n) is 13.7. The number of phenols is 5. The Labute approximate surface area is 367 Å². The first kappa shape index (κ1) is 48.7. The molecule has 0 radical (unpaired) electrons. The number of aromatic hydroxyl groups is 5. The number of hydrogen-bond donors (Lipinski definition) is 5. The molecular weight excluding hydrogens is 802 g/mol. The lowest BCUT2D eigenvalue weighted by atomic mass is 9.71. The number of pyridine rings is 1. The van der Waals surface area contributed by atoms with Crippen LogP contribution in [0.2, 0.25) is 0 Å². The summed E-state index contributed by atoms with van der Waals surface area (Å²) in [5, 5.41) is 47.5. The molecule has 6 aromatic carbocycles. The minimum Gasteiger partial charge on any atom is -0.508 e. The minimum absolute atomic E-state index is 0. The fraction of sp³-hybridized carbons (Fsp3) is 0.0962. The zero-order chi connectivity index (χ0) is 44.4. The standard InChI is InChI=1S/C23H20O4.C20H18O3.C5H5N.C3H3ClO.CH4/c1-3-22(26)27-21-14-8-18(9-15-21)23(2,16-4-10-19(24)11-5-16)17-6-12-20(25)13-7-17;1-20(14-2-8-17(21)9-3-14,15-4-10-18(22)11-5-15)16-6-12-19(23)13-7-16;1-2-4-6-5-3-1;1-2-3(4)5;/h3-15,24-25H,1H2,2H3;2-13,21-23H,1H3;1-5H;2H,1H2;1H4. The van der Waals surface area contributed by atoms with E-state index in [1.54, 1.807) is 85.2 Å². The number of ether oxygens (including phenoxy) is 1. The summed E-state index contributed by atoms with van der Waals surface area (Å²) < 4.78 is 5.15. The Kier molecular flexibility index (Phi) is 18.3. The van der Waals surface area contributed by atoms with Gasteiger partial charge >= 0.3 is 5.97 Å². The minimum atomic E-state index is -0.539. The van der Waals surface area contributed by atoms with E-state index in [9.17, 15) is 35.1 Å². The van der Waals surface area contributed by atoms with Crippen molar-refractivity contribution in [1.29, 1.82) is 0 Å². The van der Waals surface area contributed by atoms with Gasteiger partial charge in [-0.1, -0.05) is 99.4 Å². The molecule has 0 unspecified atom stereocenters. The topological polar surface area (TPSA) is 157 Å². The maximum atomic E-state index is 11.4. The van der Waals surface area contributed by atoms with Crippen LogP contribution in [0, 0.1) is 0 Å². The fourth-order valence-electron chi connectivity index (χ4n) is 6.30. The Morgan fingerprint density at radius 1 is 0.484 bits per heavy atom. The molecular formula is C52H50ClNO8. The van der Waals surface area contributed by atoms with E-state index < -0.39 is 22.0 Å². The van der Waals surface area contributed by atoms with E-state index in [0.29, 0.717) is 5.75 Å². The molecule has 318 valence electrons. The molecule has 0 amide bonds. The molecule has 62 heavy (non-hydrogen) atoms. The number of nitrogens with zero attached hydrogens (tertiary/aromatic N) is 1. The maximum Gasteiger partial charge on any atom is 0.335 e. The molecule has 0 saturated carbocycles. The predicted octanol–water partition coefficient (Wildman–Crippen LogP) is 11.4. The third kappa shape index (κ3) is 13.2. The molecule has 5 N–H and O–H groups in total. The van der Waals surface area contributed by atoms with Gasteiger partial charge in [-0.15, -0.1) is 0 Å². The summed E-state index contributed by atoms with van der Waals surface area (Å²) in [5.41, 5.74) is 4.92. The molecule has 9 nitrogen and oxygen atoms in total. The van der Waals surface area contributed by atoms with E-state index in [2.05, 4.69) is 32.0 Å². The van der Waals surface area contributed by atoms with Crippen LogP contribution in [0.25, 0.3) is 0 Å². The summed E-state index contributed by atoms with van der Waals surface area (Å²) in [4.78, 5) is 24.6. The van der Waals surface area contributed by atoms with Gasteiger partial charge in [0.1, 0.15) is 34.5 Å². The van der Waals surface area contributed by atoms with E-state index in [-0.39, 0.29) is 36.2 Å². The number of esters is 1. The summed E-state index contributed by atoms with van der Waals surface area (Å²) >= 11 is 4.71. The summed E-state index contributed by atoms with van der Waals surface area (Å²) in [6.45, 7) is 10.6. The zero-order valence-corrected chi connectivity index (χ0v) is 34.4. The van der Waals surface area contributed by atoms with Crippen molar-refractivity contribution >= 4 is 22.8 Å². The van der Waals surface area contributed by atoms with Gasteiger partial charge < -0.3 is 30.3 Å². The molecule has 0 aliphatic heterocycles. The Morgan fingerprint density at radius 2 is 0.726 bits per heavy atom. The molecule has 10 heteroatoms. The Balaban J connectivity index is 0.000000264. The lowest BCUT2D eigenvalue weighted by Crippen LogP contribution is -2.25. The van der Waals surface area contributed by atoms with Crippen LogP contribution in [-0.2, 0) is 20.4 Å². The van der Waals surface area contributed by atoms with Crippen molar-refractivity contribution in [2.45, 2.75) is 32.1 Å². The monoisotopic (exact) mass is 851 g/mol. The second kappa shape index (κ2) is 23.2. The molecule has 7 rings (SSSR count). The third-order valence-electron chi connectivity index (χ3n) is 9.77. The first-order valence-corrected chi connectivity index (χ1v) is 19.2. The van der Waals surface area contributed by atoms with Gasteiger partial charge in [-0.05, 0) is 150 Å². The number of rotatable bonds is 9. The average molecular weight is 852 g/mol. The van der Waals surface area contributed by atoms with Crippen molar-refractivity contribution in [2.24, 2.45) is 0 Å². The van der Waals surface area contributed by atoms with Crippen LogP contribution in [0.1, 0.15) is 54.7 Å². The fourth-order valence-corrected chi connectivity index (χ4v) is 6.30. The summed E-state index contributed by atoms with van der Waals surface area (Å²) in [7, 11) is 0. The van der Waals surface area contributed by atoms with E-state index >= 15 is 0 Å². The first-order valence-electron chi connectivity index (χ1n) is 18.8. The molecule has 1 aromatic heterocycles. The largest absolute Gasteiger partial charge is 0.508 e. The predicted molar refractivity (Wildman–Crippen MR) is 246 cm³/mol. The molecule has 0 spiro atoms. The van der Waals surface area contributed by atoms with Crippen LogP contribution in [-0.4, -0.2) is 41.7 Å². The summed E-state index contributed by atoms with van der Waals surface area (Å²) in [6, 6.07) is 48.3. The van der Waals surface area contributed by atoms with Crippen molar-refractivity contribution in [3.05, 3.63) is 235 Å². The number of halogens is 1. The van der Waals surface area contributed by atoms with Crippen molar-refractivity contribution in [3.8, 4) is 34.5 Å². The summed E-state index contributed by atoms with van der Waals surface area (Å²) in [6.07, 6.45) is 5.66. The molecule has 0 atom stereocenters. The Bertz CT molecular complexity index is 2270. The number of carbonyl (C=O) groups excluding carboxylic acids is 2. The highest BCUT2D eigenvalue weighted by Crippen LogP contribution is 2.42. The molecule has 0 saturated heterocycles. The molecule has 1 heterocycles. The van der Waals surface area contributed by atoms with Crippen LogP contribution in [0.15, 0.2) is 201 Å². The smallest absolute Gasteiger partial charge is 0.335 e. The molecule has 0 aliphatic carbocycles. The van der Waals surface area contributed by atoms with Crippen LogP contribution in [0.3, 0.4) is 0 Å². The normalized spacial score (nSPS) is 10.3. The van der Waals surface area contributed by atoms with Crippen molar-refractivity contribution in [2.75, 3.05) is 0 Å². The van der Waals surface area contributed by atoms with E-state index in [1.165, 1.54) is 0 Å². The number of carbonyl (C=O) groups is 2. The van der Waals surface area contributed by atoms with E-state index in [1.807, 2.05) is 91.0 Å². The van der Waals surface area contributed by atoms with E-state index in [4.69, 9.17) is 16.3 Å². The van der Waals surface area contributed by atoms with Gasteiger partial charge in [0.2, 0.25) is 5.24 Å². The zero-order valence-electron chi connectivity index (χ0n) is 33.6. The molecule has 0 fully saturated rings. The molecule has 0 aliphatic rings. The van der Waals surface area contributed by atoms with Gasteiger partial charge in [0.05, 0.1) is 0 Å².